The van der Waals surface area contributed by atoms with Crippen LogP contribution in [0.1, 0.15) is 32.6 Å². The van der Waals surface area contributed by atoms with Gasteiger partial charge in [0.15, 0.2) is 5.78 Å². The fourth-order valence-corrected chi connectivity index (χ4v) is 3.61. The van der Waals surface area contributed by atoms with Crippen molar-refractivity contribution >= 4 is 11.5 Å². The molecule has 0 spiro atoms. The summed E-state index contributed by atoms with van der Waals surface area (Å²) in [6, 6.07) is 12.7. The molecule has 25 heavy (non-hydrogen) atoms. The summed E-state index contributed by atoms with van der Waals surface area (Å²) in [7, 11) is 0. The van der Waals surface area contributed by atoms with Gasteiger partial charge in [-0.25, -0.2) is 0 Å². The zero-order valence-electron chi connectivity index (χ0n) is 15.8. The van der Waals surface area contributed by atoms with Gasteiger partial charge in [0.05, 0.1) is 6.54 Å². The van der Waals surface area contributed by atoms with Crippen molar-refractivity contribution in [3.63, 3.8) is 0 Å². The van der Waals surface area contributed by atoms with Gasteiger partial charge in [0.1, 0.15) is 0 Å². The molecule has 3 rings (SSSR count). The Hall–Kier alpha value is -2.13. The van der Waals surface area contributed by atoms with Crippen LogP contribution in [-0.2, 0) is 0 Å². The van der Waals surface area contributed by atoms with Crippen LogP contribution in [0.4, 0.5) is 5.69 Å². The van der Waals surface area contributed by atoms with Gasteiger partial charge in [-0.1, -0.05) is 24.3 Å². The summed E-state index contributed by atoms with van der Waals surface area (Å²) in [6.07, 6.45) is 0. The standard InChI is InChI=1S/C22H28N2O/c1-16-7-5-6-8-21(16)24-11-9-23(10-12-24)15-22(25)20-14-18(3)17(2)13-19(20)4/h5-8,13-14H,9-12,15H2,1-4H3. The van der Waals surface area contributed by atoms with Crippen LogP contribution in [0, 0.1) is 27.7 Å². The number of Topliss-reactive ketones (excluding diaryl/α,β-unsaturated/α-hetero) is 1. The molecule has 2 aromatic carbocycles. The largest absolute Gasteiger partial charge is 0.369 e. The number of anilines is 1. The highest BCUT2D eigenvalue weighted by Crippen LogP contribution is 2.21. The second-order valence-corrected chi connectivity index (χ2v) is 7.22. The predicted molar refractivity (Wildman–Crippen MR) is 105 cm³/mol. The Kier molecular flexibility index (Phi) is 5.24. The number of carbonyl (C=O) groups is 1. The summed E-state index contributed by atoms with van der Waals surface area (Å²) in [5.74, 6) is 0.241. The molecule has 0 aliphatic carbocycles. The molecule has 0 atom stereocenters. The molecule has 0 N–H and O–H groups in total. The number of carbonyl (C=O) groups excluding carboxylic acids is 1. The van der Waals surface area contributed by atoms with Crippen LogP contribution in [0.2, 0.25) is 0 Å². The van der Waals surface area contributed by atoms with Gasteiger partial charge >= 0.3 is 0 Å². The topological polar surface area (TPSA) is 23.6 Å². The quantitative estimate of drug-likeness (QED) is 0.791. The molecule has 1 heterocycles. The number of benzene rings is 2. The van der Waals surface area contributed by atoms with E-state index >= 15 is 0 Å². The van der Waals surface area contributed by atoms with Gasteiger partial charge in [-0.3, -0.25) is 9.69 Å². The second kappa shape index (κ2) is 7.40. The van der Waals surface area contributed by atoms with Gasteiger partial charge in [0, 0.05) is 37.4 Å². The Bertz CT molecular complexity index is 774. The number of para-hydroxylation sites is 1. The molecule has 0 radical (unpaired) electrons. The summed E-state index contributed by atoms with van der Waals surface area (Å²) >= 11 is 0. The van der Waals surface area contributed by atoms with Crippen molar-refractivity contribution in [3.8, 4) is 0 Å². The van der Waals surface area contributed by atoms with Crippen LogP contribution in [0.25, 0.3) is 0 Å². The summed E-state index contributed by atoms with van der Waals surface area (Å²) in [5.41, 5.74) is 7.05. The van der Waals surface area contributed by atoms with E-state index in [9.17, 15) is 4.79 Å². The fourth-order valence-electron chi connectivity index (χ4n) is 3.61. The number of aryl methyl sites for hydroxylation is 4. The van der Waals surface area contributed by atoms with Crippen molar-refractivity contribution in [2.24, 2.45) is 0 Å². The first-order valence-electron chi connectivity index (χ1n) is 9.09. The van der Waals surface area contributed by atoms with Crippen molar-refractivity contribution in [2.75, 3.05) is 37.6 Å². The van der Waals surface area contributed by atoms with Crippen molar-refractivity contribution < 1.29 is 4.79 Å². The molecule has 3 nitrogen and oxygen atoms in total. The smallest absolute Gasteiger partial charge is 0.177 e. The van der Waals surface area contributed by atoms with E-state index in [1.807, 2.05) is 6.92 Å². The Morgan fingerprint density at radius 2 is 1.48 bits per heavy atom. The lowest BCUT2D eigenvalue weighted by atomic mass is 9.98. The van der Waals surface area contributed by atoms with E-state index in [1.165, 1.54) is 22.4 Å². The summed E-state index contributed by atoms with van der Waals surface area (Å²) in [5, 5.41) is 0. The molecule has 1 fully saturated rings. The number of ketones is 1. The van der Waals surface area contributed by atoms with Crippen molar-refractivity contribution in [3.05, 3.63) is 64.2 Å². The highest BCUT2D eigenvalue weighted by molar-refractivity contribution is 5.99. The van der Waals surface area contributed by atoms with Crippen LogP contribution in [0.15, 0.2) is 36.4 Å². The number of hydrogen-bond acceptors (Lipinski definition) is 3. The zero-order chi connectivity index (χ0) is 18.0. The first-order chi connectivity index (χ1) is 12.0. The van der Waals surface area contributed by atoms with Crippen LogP contribution < -0.4 is 4.90 Å². The highest BCUT2D eigenvalue weighted by Gasteiger charge is 2.21. The van der Waals surface area contributed by atoms with E-state index in [0.29, 0.717) is 6.54 Å². The van der Waals surface area contributed by atoms with E-state index in [0.717, 1.165) is 37.3 Å². The molecule has 2 aromatic rings. The maximum absolute atomic E-state index is 12.7. The lowest BCUT2D eigenvalue weighted by molar-refractivity contribution is 0.0925. The molecule has 1 saturated heterocycles. The van der Waals surface area contributed by atoms with Gasteiger partial charge in [-0.05, 0) is 62.1 Å². The van der Waals surface area contributed by atoms with E-state index < -0.39 is 0 Å². The lowest BCUT2D eigenvalue weighted by Gasteiger charge is -2.36. The van der Waals surface area contributed by atoms with Crippen molar-refractivity contribution in [1.82, 2.24) is 4.90 Å². The van der Waals surface area contributed by atoms with E-state index in [2.05, 4.69) is 67.0 Å². The minimum Gasteiger partial charge on any atom is -0.369 e. The van der Waals surface area contributed by atoms with Crippen molar-refractivity contribution in [2.45, 2.75) is 27.7 Å². The van der Waals surface area contributed by atoms with Crippen molar-refractivity contribution in [1.29, 1.82) is 0 Å². The first kappa shape index (κ1) is 17.7. The van der Waals surface area contributed by atoms with Crippen LogP contribution in [0.3, 0.4) is 0 Å². The Morgan fingerprint density at radius 3 is 2.16 bits per heavy atom. The predicted octanol–water partition coefficient (Wildman–Crippen LogP) is 3.93. The monoisotopic (exact) mass is 336 g/mol. The number of piperazine rings is 1. The van der Waals surface area contributed by atoms with Gasteiger partial charge in [-0.2, -0.15) is 0 Å². The second-order valence-electron chi connectivity index (χ2n) is 7.22. The maximum Gasteiger partial charge on any atom is 0.177 e. The normalized spacial score (nSPS) is 15.4. The van der Waals surface area contributed by atoms with E-state index in [4.69, 9.17) is 0 Å². The summed E-state index contributed by atoms with van der Waals surface area (Å²) < 4.78 is 0. The minimum atomic E-state index is 0.241. The van der Waals surface area contributed by atoms with Crippen LogP contribution >= 0.6 is 0 Å². The number of hydrogen-bond donors (Lipinski definition) is 0. The third-order valence-corrected chi connectivity index (χ3v) is 5.34. The van der Waals surface area contributed by atoms with Gasteiger partial charge in [0.25, 0.3) is 0 Å². The van der Waals surface area contributed by atoms with E-state index in [-0.39, 0.29) is 5.78 Å². The molecule has 0 bridgehead atoms. The average Bonchev–Trinajstić information content (AvgIpc) is 2.59. The average molecular weight is 336 g/mol. The van der Waals surface area contributed by atoms with Crippen LogP contribution in [-0.4, -0.2) is 43.4 Å². The third-order valence-electron chi connectivity index (χ3n) is 5.34. The third kappa shape index (κ3) is 3.93. The Balaban J connectivity index is 1.62. The highest BCUT2D eigenvalue weighted by atomic mass is 16.1. The lowest BCUT2D eigenvalue weighted by Crippen LogP contribution is -2.48. The number of rotatable bonds is 4. The van der Waals surface area contributed by atoms with Gasteiger partial charge in [0.2, 0.25) is 0 Å². The first-order valence-corrected chi connectivity index (χ1v) is 9.09. The molecule has 3 heteroatoms. The molecule has 0 aromatic heterocycles. The Morgan fingerprint density at radius 1 is 0.840 bits per heavy atom. The van der Waals surface area contributed by atoms with Gasteiger partial charge < -0.3 is 4.90 Å². The molecule has 1 aliphatic rings. The van der Waals surface area contributed by atoms with Crippen LogP contribution in [0.5, 0.6) is 0 Å². The summed E-state index contributed by atoms with van der Waals surface area (Å²) in [6.45, 7) is 12.7. The molecule has 1 aliphatic heterocycles. The number of nitrogens with zero attached hydrogens (tertiary/aromatic N) is 2. The molecular formula is C22H28N2O. The summed E-state index contributed by atoms with van der Waals surface area (Å²) in [4.78, 5) is 17.5. The molecule has 0 unspecified atom stereocenters. The molecule has 132 valence electrons. The van der Waals surface area contributed by atoms with E-state index in [1.54, 1.807) is 0 Å². The minimum absolute atomic E-state index is 0.241. The van der Waals surface area contributed by atoms with Gasteiger partial charge in [-0.15, -0.1) is 0 Å². The molecular weight excluding hydrogens is 308 g/mol. The zero-order valence-corrected chi connectivity index (χ0v) is 15.8. The maximum atomic E-state index is 12.7. The molecule has 0 saturated carbocycles. The Labute approximate surface area is 151 Å². The SMILES string of the molecule is Cc1cc(C)c(C(=O)CN2CCN(c3ccccc3C)CC2)cc1C. The fraction of sp³-hybridized carbons (Fsp3) is 0.409. The molecule has 0 amide bonds.